The Labute approximate surface area is 207 Å². The summed E-state index contributed by atoms with van der Waals surface area (Å²) in [7, 11) is 0. The molecule has 4 heterocycles. The Morgan fingerprint density at radius 3 is 2.50 bits per heavy atom. The topological polar surface area (TPSA) is 88.8 Å². The lowest BCUT2D eigenvalue weighted by Gasteiger charge is -2.31. The molecule has 4 rings (SSSR count). The number of nitrogens with zero attached hydrogens (tertiary/aromatic N) is 4. The molecule has 1 unspecified atom stereocenters. The largest absolute Gasteiger partial charge is 0.466 e. The first kappa shape index (κ1) is 26.0. The third kappa shape index (κ3) is 5.82. The van der Waals surface area contributed by atoms with Gasteiger partial charge in [-0.05, 0) is 57.6 Å². The molecule has 11 heteroatoms. The first-order valence-electron chi connectivity index (χ1n) is 12.4. The fraction of sp³-hybridized carbons (Fsp3) is 0.600. The van der Waals surface area contributed by atoms with Crippen molar-refractivity contribution < 1.29 is 31.9 Å². The summed E-state index contributed by atoms with van der Waals surface area (Å²) in [6.07, 6.45) is 0.357. The molecule has 0 N–H and O–H groups in total. The van der Waals surface area contributed by atoms with Gasteiger partial charge in [-0.15, -0.1) is 0 Å². The molecule has 0 amide bonds. The van der Waals surface area contributed by atoms with E-state index in [2.05, 4.69) is 9.97 Å². The van der Waals surface area contributed by atoms with Crippen molar-refractivity contribution in [3.63, 3.8) is 0 Å². The molecule has 0 radical (unpaired) electrons. The second-order valence-electron chi connectivity index (χ2n) is 9.35. The Kier molecular flexibility index (Phi) is 7.85. The summed E-state index contributed by atoms with van der Waals surface area (Å²) in [6.45, 7) is 5.86. The molecule has 0 aromatic carbocycles. The van der Waals surface area contributed by atoms with Crippen LogP contribution in [-0.2, 0) is 22.1 Å². The van der Waals surface area contributed by atoms with Crippen molar-refractivity contribution in [3.8, 4) is 0 Å². The third-order valence-corrected chi connectivity index (χ3v) is 6.80. The predicted molar refractivity (Wildman–Crippen MR) is 126 cm³/mol. The van der Waals surface area contributed by atoms with E-state index in [0.29, 0.717) is 50.5 Å². The van der Waals surface area contributed by atoms with Gasteiger partial charge in [0, 0.05) is 38.3 Å². The minimum atomic E-state index is -4.80. The molecule has 2 aromatic heterocycles. The van der Waals surface area contributed by atoms with Gasteiger partial charge in [-0.3, -0.25) is 9.59 Å². The molecular weight excluding hydrogens is 477 g/mol. The molecule has 2 aromatic rings. The van der Waals surface area contributed by atoms with Crippen LogP contribution in [0.5, 0.6) is 0 Å². The van der Waals surface area contributed by atoms with Crippen molar-refractivity contribution in [2.45, 2.75) is 64.6 Å². The quantitative estimate of drug-likeness (QED) is 0.394. The van der Waals surface area contributed by atoms with Crippen molar-refractivity contribution in [3.05, 3.63) is 35.3 Å². The van der Waals surface area contributed by atoms with Crippen LogP contribution >= 0.6 is 0 Å². The van der Waals surface area contributed by atoms with E-state index in [-0.39, 0.29) is 30.4 Å². The van der Waals surface area contributed by atoms with E-state index in [9.17, 15) is 22.8 Å². The zero-order chi connectivity index (χ0) is 25.9. The lowest BCUT2D eigenvalue weighted by molar-refractivity contribution is -0.148. The molecule has 0 spiro atoms. The number of oxazole rings is 1. The monoisotopic (exact) mass is 508 g/mol. The average Bonchev–Trinajstić information content (AvgIpc) is 3.31. The molecule has 0 bridgehead atoms. The van der Waals surface area contributed by atoms with Crippen LogP contribution in [-0.4, -0.2) is 54.0 Å². The van der Waals surface area contributed by atoms with Crippen molar-refractivity contribution in [2.24, 2.45) is 5.92 Å². The van der Waals surface area contributed by atoms with Crippen LogP contribution in [0.3, 0.4) is 0 Å². The van der Waals surface area contributed by atoms with Crippen molar-refractivity contribution in [1.29, 1.82) is 0 Å². The zero-order valence-corrected chi connectivity index (χ0v) is 20.5. The van der Waals surface area contributed by atoms with Gasteiger partial charge >= 0.3 is 12.1 Å². The average molecular weight is 509 g/mol. The molecule has 196 valence electrons. The Bertz CT molecular complexity index is 1060. The summed E-state index contributed by atoms with van der Waals surface area (Å²) in [5.41, 5.74) is -0.808. The molecule has 36 heavy (non-hydrogen) atoms. The number of halogens is 3. The van der Waals surface area contributed by atoms with Gasteiger partial charge in [-0.25, -0.2) is 4.98 Å². The highest BCUT2D eigenvalue weighted by Gasteiger charge is 2.42. The maximum atomic E-state index is 13.7. The smallest absolute Gasteiger partial charge is 0.437 e. The molecule has 8 nitrogen and oxygen atoms in total. The van der Waals surface area contributed by atoms with E-state index in [1.165, 1.54) is 6.20 Å². The van der Waals surface area contributed by atoms with Crippen molar-refractivity contribution in [1.82, 2.24) is 9.97 Å². The van der Waals surface area contributed by atoms with E-state index in [4.69, 9.17) is 9.15 Å². The highest BCUT2D eigenvalue weighted by atomic mass is 19.4. The molecule has 2 aliphatic heterocycles. The summed E-state index contributed by atoms with van der Waals surface area (Å²) in [4.78, 5) is 36.6. The van der Waals surface area contributed by atoms with Gasteiger partial charge in [0.2, 0.25) is 11.5 Å². The second kappa shape index (κ2) is 10.9. The maximum absolute atomic E-state index is 13.7. The third-order valence-electron chi connectivity index (χ3n) is 6.80. The number of Topliss-reactive ketones (excluding diaryl/α,β-unsaturated/α-hetero) is 1. The molecule has 0 saturated carbocycles. The molecule has 2 aliphatic rings. The van der Waals surface area contributed by atoms with E-state index in [1.54, 1.807) is 24.0 Å². The highest BCUT2D eigenvalue weighted by molar-refractivity contribution is 5.96. The fourth-order valence-electron chi connectivity index (χ4n) is 4.77. The van der Waals surface area contributed by atoms with Gasteiger partial charge in [0.05, 0.1) is 12.5 Å². The summed E-state index contributed by atoms with van der Waals surface area (Å²) in [5, 5.41) is 0. The van der Waals surface area contributed by atoms with Crippen LogP contribution in [0.25, 0.3) is 0 Å². The zero-order valence-electron chi connectivity index (χ0n) is 20.5. The van der Waals surface area contributed by atoms with E-state index in [1.807, 2.05) is 11.8 Å². The van der Waals surface area contributed by atoms with E-state index < -0.39 is 23.4 Å². The van der Waals surface area contributed by atoms with Gasteiger partial charge in [-0.2, -0.15) is 18.2 Å². The number of alkyl halides is 3. The van der Waals surface area contributed by atoms with E-state index in [0.717, 1.165) is 19.3 Å². The molecule has 1 atom stereocenters. The normalized spacial score (nSPS) is 19.4. The van der Waals surface area contributed by atoms with Gasteiger partial charge in [0.15, 0.2) is 5.69 Å². The van der Waals surface area contributed by atoms with Crippen molar-refractivity contribution >= 4 is 23.6 Å². The first-order chi connectivity index (χ1) is 17.2. The number of pyridine rings is 1. The highest BCUT2D eigenvalue weighted by Crippen LogP contribution is 2.36. The van der Waals surface area contributed by atoms with Crippen LogP contribution in [0.2, 0.25) is 0 Å². The molecule has 0 aliphatic carbocycles. The molecular formula is C25H31F3N4O4. The van der Waals surface area contributed by atoms with Gasteiger partial charge in [0.25, 0.3) is 6.01 Å². The Hall–Kier alpha value is -3.11. The number of hydrogen-bond acceptors (Lipinski definition) is 8. The van der Waals surface area contributed by atoms with Gasteiger partial charge in [-0.1, -0.05) is 6.07 Å². The number of esters is 1. The minimum Gasteiger partial charge on any atom is -0.466 e. The standard InChI is InChI=1S/C25H31F3N4O4/c1-3-35-23(34)18-9-12-31(13-10-18)20-8-7-17(15-29-20)14-19(33)21-22(25(26,27)28)30-24(36-21)32-11-5-4-6-16(32)2/h7-8,15-16,18H,3-6,9-14H2,1-2H3. The lowest BCUT2D eigenvalue weighted by Crippen LogP contribution is -2.37. The second-order valence-corrected chi connectivity index (χ2v) is 9.35. The summed E-state index contributed by atoms with van der Waals surface area (Å²) < 4.78 is 51.5. The summed E-state index contributed by atoms with van der Waals surface area (Å²) in [5.74, 6) is -1.18. The van der Waals surface area contributed by atoms with Gasteiger partial charge in [0.1, 0.15) is 5.82 Å². The Balaban J connectivity index is 1.43. The summed E-state index contributed by atoms with van der Waals surface area (Å²) >= 11 is 0. The Morgan fingerprint density at radius 1 is 1.14 bits per heavy atom. The van der Waals surface area contributed by atoms with Crippen LogP contribution in [0, 0.1) is 5.92 Å². The Morgan fingerprint density at radius 2 is 1.89 bits per heavy atom. The number of aromatic nitrogens is 2. The van der Waals surface area contributed by atoms with Crippen LogP contribution in [0.15, 0.2) is 22.7 Å². The van der Waals surface area contributed by atoms with E-state index >= 15 is 0 Å². The number of ether oxygens (including phenoxy) is 1. The number of anilines is 2. The number of carbonyl (C=O) groups is 2. The number of ketones is 1. The minimum absolute atomic E-state index is 0.0134. The number of rotatable bonds is 7. The predicted octanol–water partition coefficient (Wildman–Crippen LogP) is 4.67. The van der Waals surface area contributed by atoms with Crippen molar-refractivity contribution in [2.75, 3.05) is 36.0 Å². The maximum Gasteiger partial charge on any atom is 0.437 e. The van der Waals surface area contributed by atoms with Crippen LogP contribution in [0.4, 0.5) is 25.0 Å². The number of piperidine rings is 2. The molecule has 2 saturated heterocycles. The van der Waals surface area contributed by atoms with Crippen LogP contribution in [0.1, 0.15) is 67.8 Å². The SMILES string of the molecule is CCOC(=O)C1CCN(c2ccc(CC(=O)c3oc(N4CCCCC4C)nc3C(F)(F)F)cn2)CC1. The first-order valence-corrected chi connectivity index (χ1v) is 12.4. The lowest BCUT2D eigenvalue weighted by atomic mass is 9.97. The van der Waals surface area contributed by atoms with Gasteiger partial charge < -0.3 is 19.0 Å². The molecule has 2 fully saturated rings. The summed E-state index contributed by atoms with van der Waals surface area (Å²) in [6, 6.07) is 3.24. The van der Waals surface area contributed by atoms with Crippen LogP contribution < -0.4 is 9.80 Å². The fourth-order valence-corrected chi connectivity index (χ4v) is 4.77. The number of carbonyl (C=O) groups excluding carboxylic acids is 2. The number of hydrogen-bond donors (Lipinski definition) is 0.